The molecule has 15 heteroatoms. The molecule has 6 atom stereocenters. The van der Waals surface area contributed by atoms with Crippen molar-refractivity contribution in [1.82, 2.24) is 30.1 Å². The van der Waals surface area contributed by atoms with Crippen molar-refractivity contribution in [2.45, 2.75) is 144 Å². The van der Waals surface area contributed by atoms with Gasteiger partial charge in [0.05, 0.1) is 28.4 Å². The van der Waals surface area contributed by atoms with Crippen molar-refractivity contribution in [1.29, 1.82) is 0 Å². The normalized spacial score (nSPS) is 30.6. The molecule has 3 aliphatic heterocycles. The summed E-state index contributed by atoms with van der Waals surface area (Å²) in [4.78, 5) is 65.3. The largest absolute Gasteiger partial charge is 0.483 e. The highest BCUT2D eigenvalue weighted by Crippen LogP contribution is 2.57. The lowest BCUT2D eigenvalue weighted by atomic mass is 9.87. The Labute approximate surface area is 343 Å². The molecule has 0 radical (unpaired) electrons. The van der Waals surface area contributed by atoms with Crippen LogP contribution in [0.4, 0.5) is 4.79 Å². The number of nitrogens with zero attached hydrogens (tertiary/aromatic N) is 3. The standard InChI is InChI=1S/C41H55IN6O7S/c1-24(2)48(25(3)4)38(52)44-31-17-11-9-7-8-10-15-29-33(36(50)46-56(53,54)39(6)20-21-39)41(29,42)45-35(49)32-22-40(23-47(32)37(31)51)19-18-28-27-14-12-13-16-30(27)43-26(5)34(28)55-40/h10,12-16,24-25,29,31-33H,7-9,11,17-23H2,1-6H3,(H,44,52)(H,45,49)(H,46,50)/b15-10-/t29-,31+,32+,33?,40-,41-/m1/s1. The topological polar surface area (TPSA) is 167 Å². The average molecular weight is 903 g/mol. The molecule has 56 heavy (non-hydrogen) atoms. The van der Waals surface area contributed by atoms with E-state index in [9.17, 15) is 27.6 Å². The van der Waals surface area contributed by atoms with Gasteiger partial charge in [0.25, 0.3) is 0 Å². The summed E-state index contributed by atoms with van der Waals surface area (Å²) in [6.07, 6.45) is 9.68. The molecule has 3 fully saturated rings. The van der Waals surface area contributed by atoms with E-state index >= 15 is 0 Å². The summed E-state index contributed by atoms with van der Waals surface area (Å²) in [6, 6.07) is 5.53. The Balaban J connectivity index is 1.22. The van der Waals surface area contributed by atoms with Crippen LogP contribution in [-0.2, 0) is 30.8 Å². The molecule has 1 spiro atoms. The number of aromatic nitrogens is 1. The first-order valence-electron chi connectivity index (χ1n) is 20.1. The summed E-state index contributed by atoms with van der Waals surface area (Å²) in [5.74, 6) is -2.08. The molecule has 1 aromatic heterocycles. The molecule has 1 aromatic carbocycles. The van der Waals surface area contributed by atoms with E-state index in [4.69, 9.17) is 9.72 Å². The quantitative estimate of drug-likeness (QED) is 0.150. The number of carbonyl (C=O) groups excluding carboxylic acids is 4. The third kappa shape index (κ3) is 7.50. The van der Waals surface area contributed by atoms with Crippen LogP contribution in [0.15, 0.2) is 36.4 Å². The molecule has 3 N–H and O–H groups in total. The van der Waals surface area contributed by atoms with Gasteiger partial charge in [-0.2, -0.15) is 0 Å². The van der Waals surface area contributed by atoms with Crippen molar-refractivity contribution in [2.24, 2.45) is 11.8 Å². The number of nitrogens with one attached hydrogen (secondary N) is 3. The Morgan fingerprint density at radius 1 is 1.07 bits per heavy atom. The van der Waals surface area contributed by atoms with Crippen molar-refractivity contribution in [3.05, 3.63) is 47.7 Å². The summed E-state index contributed by atoms with van der Waals surface area (Å²) in [5.41, 5.74) is 1.75. The number of alkyl halides is 1. The molecule has 2 aromatic rings. The number of benzene rings is 1. The number of hydrogen-bond acceptors (Lipinski definition) is 8. The Morgan fingerprint density at radius 2 is 1.79 bits per heavy atom. The van der Waals surface area contributed by atoms with Crippen molar-refractivity contribution < 1.29 is 32.3 Å². The number of carbonyl (C=O) groups is 4. The maximum Gasteiger partial charge on any atom is 0.318 e. The molecule has 1 saturated heterocycles. The Bertz CT molecular complexity index is 2060. The molecule has 2 saturated carbocycles. The fourth-order valence-electron chi connectivity index (χ4n) is 9.03. The van der Waals surface area contributed by atoms with Gasteiger partial charge >= 0.3 is 6.03 Å². The first-order chi connectivity index (χ1) is 26.4. The first kappa shape index (κ1) is 40.7. The van der Waals surface area contributed by atoms with Gasteiger partial charge in [0, 0.05) is 35.4 Å². The Morgan fingerprint density at radius 3 is 2.48 bits per heavy atom. The van der Waals surface area contributed by atoms with E-state index in [1.165, 1.54) is 0 Å². The van der Waals surface area contributed by atoms with Crippen molar-refractivity contribution >= 4 is 67.3 Å². The number of pyridine rings is 1. The van der Waals surface area contributed by atoms with Gasteiger partial charge in [0.1, 0.15) is 27.0 Å². The van der Waals surface area contributed by atoms with Gasteiger partial charge in [0.2, 0.25) is 27.7 Å². The van der Waals surface area contributed by atoms with Crippen LogP contribution in [0, 0.1) is 18.8 Å². The lowest BCUT2D eigenvalue weighted by Crippen LogP contribution is -2.58. The van der Waals surface area contributed by atoms with Crippen molar-refractivity contribution in [2.75, 3.05) is 6.54 Å². The van der Waals surface area contributed by atoms with E-state index in [2.05, 4.69) is 37.9 Å². The van der Waals surface area contributed by atoms with E-state index in [1.54, 1.807) is 16.7 Å². The molecule has 7 rings (SSSR count). The van der Waals surface area contributed by atoms with Gasteiger partial charge in [-0.25, -0.2) is 18.2 Å². The van der Waals surface area contributed by atoms with Crippen LogP contribution in [0.25, 0.3) is 10.9 Å². The highest BCUT2D eigenvalue weighted by Gasteiger charge is 2.68. The zero-order chi connectivity index (χ0) is 40.4. The summed E-state index contributed by atoms with van der Waals surface area (Å²) < 4.78 is 33.4. The number of amides is 5. The molecule has 4 heterocycles. The number of sulfonamides is 1. The number of hydrogen-bond donors (Lipinski definition) is 3. The fourth-order valence-corrected chi connectivity index (χ4v) is 11.6. The Kier molecular flexibility index (Phi) is 10.9. The van der Waals surface area contributed by atoms with E-state index in [-0.39, 0.29) is 37.0 Å². The van der Waals surface area contributed by atoms with E-state index in [1.807, 2.05) is 71.0 Å². The summed E-state index contributed by atoms with van der Waals surface area (Å²) >= 11 is 2.08. The molecule has 5 aliphatic rings. The van der Waals surface area contributed by atoms with Crippen molar-refractivity contribution in [3.8, 4) is 5.75 Å². The number of ether oxygens (including phenoxy) is 1. The number of aryl methyl sites for hydroxylation is 2. The second-order valence-corrected chi connectivity index (χ2v) is 21.3. The van der Waals surface area contributed by atoms with Crippen molar-refractivity contribution in [3.63, 3.8) is 0 Å². The van der Waals surface area contributed by atoms with Crippen LogP contribution >= 0.6 is 22.6 Å². The number of fused-ring (bicyclic) bond motifs is 5. The van der Waals surface area contributed by atoms with Crippen LogP contribution in [-0.4, -0.2) is 91.6 Å². The predicted octanol–water partition coefficient (Wildman–Crippen LogP) is 5.42. The van der Waals surface area contributed by atoms with Gasteiger partial charge in [-0.05, 0) is 92.6 Å². The fraction of sp³-hybridized carbons (Fsp3) is 0.634. The number of rotatable bonds is 6. The zero-order valence-electron chi connectivity index (χ0n) is 33.2. The van der Waals surface area contributed by atoms with Gasteiger partial charge in [-0.15, -0.1) is 0 Å². The van der Waals surface area contributed by atoms with Crippen LogP contribution < -0.4 is 20.1 Å². The van der Waals surface area contributed by atoms with E-state index in [0.717, 1.165) is 35.0 Å². The lowest BCUT2D eigenvalue weighted by molar-refractivity contribution is -0.140. The highest BCUT2D eigenvalue weighted by molar-refractivity contribution is 14.1. The first-order valence-corrected chi connectivity index (χ1v) is 22.7. The maximum absolute atomic E-state index is 14.9. The minimum absolute atomic E-state index is 0.102. The second kappa shape index (κ2) is 15.0. The summed E-state index contributed by atoms with van der Waals surface area (Å²) in [7, 11) is -3.90. The smallest absolute Gasteiger partial charge is 0.318 e. The van der Waals surface area contributed by atoms with E-state index in [0.29, 0.717) is 50.7 Å². The number of urea groups is 1. The van der Waals surface area contributed by atoms with Gasteiger partial charge in [-0.1, -0.05) is 65.8 Å². The Hall–Kier alpha value is -3.47. The minimum Gasteiger partial charge on any atom is -0.483 e. The minimum atomic E-state index is -3.90. The molecule has 0 bridgehead atoms. The summed E-state index contributed by atoms with van der Waals surface area (Å²) in [5, 5.41) is 7.20. The molecule has 304 valence electrons. The second-order valence-electron chi connectivity index (χ2n) is 17.3. The maximum atomic E-state index is 14.9. The number of para-hydroxylation sites is 1. The SMILES string of the molecule is Cc1nc2ccccc2c2c1O[C@]1(CC2)C[C@H]2C(=O)N[C@@]3(I)C(C(=O)NS(=O)(=O)C4(C)CC4)[C@H]3/C=C\CCCCC[C@H](NC(=O)N(C(C)C)C(C)C)C(=O)N2C1. The van der Waals surface area contributed by atoms with E-state index < -0.39 is 59.7 Å². The predicted molar refractivity (Wildman–Crippen MR) is 222 cm³/mol. The van der Waals surface area contributed by atoms with Crippen LogP contribution in [0.5, 0.6) is 5.75 Å². The molecule has 5 amide bonds. The molecule has 13 nitrogen and oxygen atoms in total. The van der Waals surface area contributed by atoms with Gasteiger partial charge in [0.15, 0.2) is 0 Å². The third-order valence-electron chi connectivity index (χ3n) is 12.5. The molecule has 1 unspecified atom stereocenters. The molecule has 2 aliphatic carbocycles. The van der Waals surface area contributed by atoms with Gasteiger partial charge < -0.3 is 25.2 Å². The number of halogens is 1. The average Bonchev–Trinajstić information content (AvgIpc) is 3.97. The number of allylic oxidation sites excluding steroid dienone is 1. The third-order valence-corrected chi connectivity index (χ3v) is 16.4. The monoisotopic (exact) mass is 902 g/mol. The molecular weight excluding hydrogens is 847 g/mol. The zero-order valence-corrected chi connectivity index (χ0v) is 36.2. The van der Waals surface area contributed by atoms with Gasteiger partial charge in [-0.3, -0.25) is 19.1 Å². The van der Waals surface area contributed by atoms with Crippen LogP contribution in [0.2, 0.25) is 0 Å². The lowest BCUT2D eigenvalue weighted by Gasteiger charge is -2.37. The highest BCUT2D eigenvalue weighted by atomic mass is 127. The van der Waals surface area contributed by atoms with Crippen LogP contribution in [0.1, 0.15) is 104 Å². The summed E-state index contributed by atoms with van der Waals surface area (Å²) in [6.45, 7) is 11.4. The van der Waals surface area contributed by atoms with Crippen LogP contribution in [0.3, 0.4) is 0 Å². The molecular formula is C41H55IN6O7S.